The lowest BCUT2D eigenvalue weighted by atomic mass is 9.81. The molecule has 114 valence electrons. The highest BCUT2D eigenvalue weighted by Crippen LogP contribution is 2.33. The Kier molecular flexibility index (Phi) is 4.59. The Morgan fingerprint density at radius 3 is 2.71 bits per heavy atom. The molecule has 0 spiro atoms. The summed E-state index contributed by atoms with van der Waals surface area (Å²) in [5, 5.41) is 3.22. The quantitative estimate of drug-likeness (QED) is 0.897. The molecule has 0 heterocycles. The number of hydrogen-bond donors (Lipinski definition) is 2. The van der Waals surface area contributed by atoms with Crippen molar-refractivity contribution in [1.29, 1.82) is 0 Å². The zero-order valence-corrected chi connectivity index (χ0v) is 12.7. The molecule has 3 nitrogen and oxygen atoms in total. The van der Waals surface area contributed by atoms with Gasteiger partial charge in [0, 0.05) is 18.5 Å². The van der Waals surface area contributed by atoms with Gasteiger partial charge in [-0.15, -0.1) is 0 Å². The highest BCUT2D eigenvalue weighted by atomic mass is 16.1. The maximum atomic E-state index is 12.3. The molecule has 1 unspecified atom stereocenters. The van der Waals surface area contributed by atoms with Crippen LogP contribution in [0, 0.1) is 0 Å². The van der Waals surface area contributed by atoms with Gasteiger partial charge < -0.3 is 11.1 Å². The van der Waals surface area contributed by atoms with Crippen LogP contribution in [0.2, 0.25) is 0 Å². The van der Waals surface area contributed by atoms with Crippen molar-refractivity contribution in [3.63, 3.8) is 0 Å². The van der Waals surface area contributed by atoms with Crippen molar-refractivity contribution < 1.29 is 4.79 Å². The van der Waals surface area contributed by atoms with Gasteiger partial charge in [0.05, 0.1) is 0 Å². The van der Waals surface area contributed by atoms with Gasteiger partial charge in [0.2, 0.25) is 5.91 Å². The first kappa shape index (κ1) is 14.6. The van der Waals surface area contributed by atoms with Crippen LogP contribution in [-0.2, 0) is 11.2 Å². The topological polar surface area (TPSA) is 55.1 Å². The molecule has 2 aliphatic carbocycles. The minimum Gasteiger partial charge on any atom is -0.353 e. The number of fused-ring (bicyclic) bond motifs is 1. The summed E-state index contributed by atoms with van der Waals surface area (Å²) in [6.07, 6.45) is 8.29. The molecular weight excluding hydrogens is 260 g/mol. The number of rotatable bonds is 3. The summed E-state index contributed by atoms with van der Waals surface area (Å²) in [5.41, 5.74) is 8.75. The number of amides is 1. The van der Waals surface area contributed by atoms with Gasteiger partial charge in [0.1, 0.15) is 0 Å². The third-order valence-electron chi connectivity index (χ3n) is 5.06. The van der Waals surface area contributed by atoms with Gasteiger partial charge in [-0.1, -0.05) is 24.3 Å². The summed E-state index contributed by atoms with van der Waals surface area (Å²) < 4.78 is 0. The Labute approximate surface area is 127 Å². The third-order valence-corrected chi connectivity index (χ3v) is 5.06. The second-order valence-corrected chi connectivity index (χ2v) is 6.67. The second kappa shape index (κ2) is 6.61. The Balaban J connectivity index is 1.56. The van der Waals surface area contributed by atoms with E-state index >= 15 is 0 Å². The predicted molar refractivity (Wildman–Crippen MR) is 85.1 cm³/mol. The Hall–Kier alpha value is -1.35. The maximum absolute atomic E-state index is 12.3. The van der Waals surface area contributed by atoms with Crippen LogP contribution in [-0.4, -0.2) is 18.0 Å². The molecule has 2 aliphatic rings. The van der Waals surface area contributed by atoms with Gasteiger partial charge in [-0.2, -0.15) is 0 Å². The molecule has 0 aliphatic heterocycles. The summed E-state index contributed by atoms with van der Waals surface area (Å²) in [4.78, 5) is 12.3. The standard InChI is InChI=1S/C18H26N2O/c19-15-8-10-16(11-9-15)20-18(21)12-14-6-3-5-13-4-1-2-7-17(13)14/h1-2,4,7,14-16H,3,5-6,8-12,19H2,(H,20,21). The van der Waals surface area contributed by atoms with E-state index < -0.39 is 0 Å². The van der Waals surface area contributed by atoms with E-state index in [1.807, 2.05) is 0 Å². The average Bonchev–Trinajstić information content (AvgIpc) is 2.50. The van der Waals surface area contributed by atoms with Crippen molar-refractivity contribution >= 4 is 5.91 Å². The van der Waals surface area contributed by atoms with Crippen LogP contribution in [0.1, 0.15) is 62.0 Å². The van der Waals surface area contributed by atoms with Crippen molar-refractivity contribution in [3.05, 3.63) is 35.4 Å². The van der Waals surface area contributed by atoms with Crippen molar-refractivity contribution in [1.82, 2.24) is 5.32 Å². The molecule has 1 amide bonds. The van der Waals surface area contributed by atoms with E-state index in [1.54, 1.807) is 0 Å². The zero-order valence-electron chi connectivity index (χ0n) is 12.7. The molecule has 3 heteroatoms. The minimum atomic E-state index is 0.220. The third kappa shape index (κ3) is 3.65. The van der Waals surface area contributed by atoms with Crippen LogP contribution in [0.5, 0.6) is 0 Å². The molecule has 0 aromatic heterocycles. The number of aryl methyl sites for hydroxylation is 1. The first-order valence-corrected chi connectivity index (χ1v) is 8.35. The fourth-order valence-corrected chi connectivity index (χ4v) is 3.84. The van der Waals surface area contributed by atoms with E-state index in [9.17, 15) is 4.79 Å². The smallest absolute Gasteiger partial charge is 0.220 e. The van der Waals surface area contributed by atoms with Gasteiger partial charge in [-0.25, -0.2) is 0 Å². The molecule has 3 N–H and O–H groups in total. The van der Waals surface area contributed by atoms with Crippen LogP contribution in [0.15, 0.2) is 24.3 Å². The lowest BCUT2D eigenvalue weighted by Crippen LogP contribution is -2.40. The molecule has 1 aromatic rings. The minimum absolute atomic E-state index is 0.220. The van der Waals surface area contributed by atoms with Crippen LogP contribution in [0.25, 0.3) is 0 Å². The number of carbonyl (C=O) groups excluding carboxylic acids is 1. The highest BCUT2D eigenvalue weighted by molar-refractivity contribution is 5.77. The zero-order chi connectivity index (χ0) is 14.7. The van der Waals surface area contributed by atoms with Gasteiger partial charge in [-0.05, 0) is 62.0 Å². The Bertz CT molecular complexity index is 492. The number of hydrogen-bond acceptors (Lipinski definition) is 2. The second-order valence-electron chi connectivity index (χ2n) is 6.67. The van der Waals surface area contributed by atoms with Crippen molar-refractivity contribution in [3.8, 4) is 0 Å². The van der Waals surface area contributed by atoms with E-state index in [0.29, 0.717) is 24.4 Å². The van der Waals surface area contributed by atoms with Crippen molar-refractivity contribution in [2.45, 2.75) is 69.4 Å². The normalized spacial score (nSPS) is 28.7. The van der Waals surface area contributed by atoms with Crippen molar-refractivity contribution in [2.24, 2.45) is 5.73 Å². The fourth-order valence-electron chi connectivity index (χ4n) is 3.84. The van der Waals surface area contributed by atoms with E-state index in [4.69, 9.17) is 5.73 Å². The van der Waals surface area contributed by atoms with Gasteiger partial charge in [-0.3, -0.25) is 4.79 Å². The molecular formula is C18H26N2O. The summed E-state index contributed by atoms with van der Waals surface area (Å²) in [6.45, 7) is 0. The van der Waals surface area contributed by atoms with E-state index in [0.717, 1.165) is 38.5 Å². The molecule has 1 aromatic carbocycles. The predicted octanol–water partition coefficient (Wildman–Crippen LogP) is 2.88. The van der Waals surface area contributed by atoms with Crippen LogP contribution < -0.4 is 11.1 Å². The van der Waals surface area contributed by atoms with Gasteiger partial charge in [0.25, 0.3) is 0 Å². The summed E-state index contributed by atoms with van der Waals surface area (Å²) in [6, 6.07) is 9.29. The largest absolute Gasteiger partial charge is 0.353 e. The monoisotopic (exact) mass is 286 g/mol. The average molecular weight is 286 g/mol. The number of benzene rings is 1. The molecule has 3 rings (SSSR count). The first-order chi connectivity index (χ1) is 10.2. The lowest BCUT2D eigenvalue weighted by Gasteiger charge is -2.29. The van der Waals surface area contributed by atoms with E-state index in [1.165, 1.54) is 17.5 Å². The maximum Gasteiger partial charge on any atom is 0.220 e. The molecule has 0 saturated heterocycles. The molecule has 0 bridgehead atoms. The number of carbonyl (C=O) groups is 1. The Morgan fingerprint density at radius 1 is 1.14 bits per heavy atom. The Morgan fingerprint density at radius 2 is 1.90 bits per heavy atom. The molecule has 1 saturated carbocycles. The van der Waals surface area contributed by atoms with Crippen LogP contribution in [0.3, 0.4) is 0 Å². The number of nitrogens with one attached hydrogen (secondary N) is 1. The van der Waals surface area contributed by atoms with Crippen molar-refractivity contribution in [2.75, 3.05) is 0 Å². The number of nitrogens with two attached hydrogens (primary N) is 1. The molecule has 1 fully saturated rings. The molecule has 21 heavy (non-hydrogen) atoms. The lowest BCUT2D eigenvalue weighted by molar-refractivity contribution is -0.122. The van der Waals surface area contributed by atoms with Gasteiger partial charge in [0.15, 0.2) is 0 Å². The molecule has 0 radical (unpaired) electrons. The summed E-state index contributed by atoms with van der Waals surface area (Å²) >= 11 is 0. The van der Waals surface area contributed by atoms with E-state index in [-0.39, 0.29) is 5.91 Å². The summed E-state index contributed by atoms with van der Waals surface area (Å²) in [5.74, 6) is 0.623. The fraction of sp³-hybridized carbons (Fsp3) is 0.611. The summed E-state index contributed by atoms with van der Waals surface area (Å²) in [7, 11) is 0. The highest BCUT2D eigenvalue weighted by Gasteiger charge is 2.24. The SMILES string of the molecule is NC1CCC(NC(=O)CC2CCCc3ccccc32)CC1. The van der Waals surface area contributed by atoms with Gasteiger partial charge >= 0.3 is 0 Å². The first-order valence-electron chi connectivity index (χ1n) is 8.35. The molecule has 1 atom stereocenters. The van der Waals surface area contributed by atoms with Crippen LogP contribution in [0.4, 0.5) is 0 Å². The van der Waals surface area contributed by atoms with Crippen LogP contribution >= 0.6 is 0 Å². The van der Waals surface area contributed by atoms with E-state index in [2.05, 4.69) is 29.6 Å².